The lowest BCUT2D eigenvalue weighted by atomic mass is 9.88. The molecule has 0 radical (unpaired) electrons. The van der Waals surface area contributed by atoms with E-state index in [0.29, 0.717) is 0 Å². The molecule has 3 aromatic carbocycles. The van der Waals surface area contributed by atoms with E-state index in [1.165, 1.54) is 21.2 Å². The maximum atomic E-state index is 6.32. The van der Waals surface area contributed by atoms with Crippen molar-refractivity contribution >= 4 is 27.9 Å². The molecule has 0 fully saturated rings. The van der Waals surface area contributed by atoms with Gasteiger partial charge < -0.3 is 4.74 Å². The van der Waals surface area contributed by atoms with Crippen LogP contribution in [0.2, 0.25) is 0 Å². The zero-order valence-electron chi connectivity index (χ0n) is 13.6. The van der Waals surface area contributed by atoms with Gasteiger partial charge in [0.2, 0.25) is 0 Å². The second-order valence-corrected chi connectivity index (χ2v) is 7.17. The van der Waals surface area contributed by atoms with Crippen molar-refractivity contribution in [3.63, 3.8) is 0 Å². The first-order chi connectivity index (χ1) is 12.4. The lowest BCUT2D eigenvalue weighted by Crippen LogP contribution is -2.10. The summed E-state index contributed by atoms with van der Waals surface area (Å²) in [5, 5.41) is 4.66. The number of hydrogen-bond donors (Lipinski definition) is 0. The molecule has 0 aliphatic carbocycles. The lowest BCUT2D eigenvalue weighted by Gasteiger charge is -2.26. The predicted molar refractivity (Wildman–Crippen MR) is 105 cm³/mol. The number of rotatable bonds is 2. The quantitative estimate of drug-likeness (QED) is 0.406. The number of benzene rings is 3. The zero-order chi connectivity index (χ0) is 16.6. The van der Waals surface area contributed by atoms with Crippen LogP contribution in [0, 0.1) is 0 Å². The third-order valence-corrected chi connectivity index (χ3v) is 5.64. The van der Waals surface area contributed by atoms with Gasteiger partial charge >= 0.3 is 0 Å². The topological polar surface area (TPSA) is 9.23 Å². The van der Waals surface area contributed by atoms with E-state index >= 15 is 0 Å². The van der Waals surface area contributed by atoms with Gasteiger partial charge in [-0.3, -0.25) is 0 Å². The number of hydrogen-bond acceptors (Lipinski definition) is 2. The van der Waals surface area contributed by atoms with Gasteiger partial charge in [0.1, 0.15) is 11.5 Å². The molecular weight excluding hydrogens is 324 g/mol. The molecule has 0 bridgehead atoms. The molecular formula is C23H16OS. The molecule has 1 aromatic heterocycles. The van der Waals surface area contributed by atoms with Gasteiger partial charge in [0.25, 0.3) is 0 Å². The molecule has 120 valence electrons. The van der Waals surface area contributed by atoms with Crippen LogP contribution in [0.3, 0.4) is 0 Å². The fraction of sp³-hybridized carbons (Fsp3) is 0.0435. The smallest absolute Gasteiger partial charge is 0.132 e. The van der Waals surface area contributed by atoms with Crippen molar-refractivity contribution in [1.29, 1.82) is 0 Å². The Morgan fingerprint density at radius 1 is 0.760 bits per heavy atom. The molecule has 25 heavy (non-hydrogen) atoms. The van der Waals surface area contributed by atoms with Crippen LogP contribution in [0.15, 0.2) is 90.3 Å². The van der Waals surface area contributed by atoms with Crippen molar-refractivity contribution in [2.24, 2.45) is 0 Å². The standard InChI is InChI=1S/C23H16OS/c1-2-8-17(9-3-1)21-15-19(22-11-6-14-25-22)23-18-10-5-4-7-16(18)12-13-20(23)24-21/h1-15,19H. The van der Waals surface area contributed by atoms with E-state index in [-0.39, 0.29) is 5.92 Å². The Balaban J connectivity index is 1.76. The summed E-state index contributed by atoms with van der Waals surface area (Å²) in [5.41, 5.74) is 2.38. The molecule has 0 saturated carbocycles. The van der Waals surface area contributed by atoms with Gasteiger partial charge in [-0.2, -0.15) is 0 Å². The Bertz CT molecular complexity index is 1060. The molecule has 0 amide bonds. The molecule has 0 saturated heterocycles. The molecule has 5 rings (SSSR count). The van der Waals surface area contributed by atoms with Crippen molar-refractivity contribution in [2.75, 3.05) is 0 Å². The van der Waals surface area contributed by atoms with Crippen LogP contribution >= 0.6 is 11.3 Å². The van der Waals surface area contributed by atoms with Gasteiger partial charge in [-0.25, -0.2) is 0 Å². The minimum absolute atomic E-state index is 0.213. The largest absolute Gasteiger partial charge is 0.457 e. The van der Waals surface area contributed by atoms with E-state index in [0.717, 1.165) is 17.1 Å². The van der Waals surface area contributed by atoms with Gasteiger partial charge in [-0.05, 0) is 34.4 Å². The average molecular weight is 340 g/mol. The Morgan fingerprint density at radius 2 is 1.60 bits per heavy atom. The van der Waals surface area contributed by atoms with Gasteiger partial charge in [0.15, 0.2) is 0 Å². The summed E-state index contributed by atoms with van der Waals surface area (Å²) >= 11 is 1.80. The normalized spacial score (nSPS) is 16.2. The molecule has 2 heterocycles. The summed E-state index contributed by atoms with van der Waals surface area (Å²) in [6.07, 6.45) is 2.26. The SMILES string of the molecule is C1=C(c2ccccc2)Oc2ccc3ccccc3c2C1c1cccs1. The maximum absolute atomic E-state index is 6.32. The highest BCUT2D eigenvalue weighted by molar-refractivity contribution is 7.10. The molecule has 0 N–H and O–H groups in total. The van der Waals surface area contributed by atoms with Crippen LogP contribution in [0.25, 0.3) is 16.5 Å². The first-order valence-electron chi connectivity index (χ1n) is 8.40. The number of thiophene rings is 1. The summed E-state index contributed by atoms with van der Waals surface area (Å²) in [4.78, 5) is 1.34. The second-order valence-electron chi connectivity index (χ2n) is 6.19. The van der Waals surface area contributed by atoms with Crippen molar-refractivity contribution in [3.05, 3.63) is 106 Å². The summed E-state index contributed by atoms with van der Waals surface area (Å²) in [6, 6.07) is 27.5. The van der Waals surface area contributed by atoms with Crippen molar-refractivity contribution in [1.82, 2.24) is 0 Å². The fourth-order valence-electron chi connectivity index (χ4n) is 3.52. The number of ether oxygens (including phenoxy) is 1. The Kier molecular flexibility index (Phi) is 3.43. The van der Waals surface area contributed by atoms with Crippen molar-refractivity contribution in [3.8, 4) is 5.75 Å². The van der Waals surface area contributed by atoms with Crippen molar-refractivity contribution in [2.45, 2.75) is 5.92 Å². The lowest BCUT2D eigenvalue weighted by molar-refractivity contribution is 0.495. The van der Waals surface area contributed by atoms with Crippen LogP contribution in [-0.2, 0) is 0 Å². The van der Waals surface area contributed by atoms with Crippen molar-refractivity contribution < 1.29 is 4.74 Å². The maximum Gasteiger partial charge on any atom is 0.132 e. The van der Waals surface area contributed by atoms with E-state index in [9.17, 15) is 0 Å². The minimum atomic E-state index is 0.213. The number of fused-ring (bicyclic) bond motifs is 3. The van der Waals surface area contributed by atoms with E-state index in [1.54, 1.807) is 11.3 Å². The highest BCUT2D eigenvalue weighted by Crippen LogP contribution is 2.45. The molecule has 1 aliphatic rings. The van der Waals surface area contributed by atoms with E-state index < -0.39 is 0 Å². The highest BCUT2D eigenvalue weighted by atomic mass is 32.1. The monoisotopic (exact) mass is 340 g/mol. The highest BCUT2D eigenvalue weighted by Gasteiger charge is 2.26. The van der Waals surface area contributed by atoms with Gasteiger partial charge in [-0.1, -0.05) is 66.7 Å². The third-order valence-electron chi connectivity index (χ3n) is 4.69. The Morgan fingerprint density at radius 3 is 2.44 bits per heavy atom. The average Bonchev–Trinajstić information content (AvgIpc) is 3.22. The van der Waals surface area contributed by atoms with Gasteiger partial charge in [-0.15, -0.1) is 11.3 Å². The second kappa shape index (κ2) is 5.91. The molecule has 1 aliphatic heterocycles. The van der Waals surface area contributed by atoms with Gasteiger partial charge in [0, 0.05) is 21.9 Å². The minimum Gasteiger partial charge on any atom is -0.457 e. The first kappa shape index (κ1) is 14.5. The molecule has 1 atom stereocenters. The predicted octanol–water partition coefficient (Wildman–Crippen LogP) is 6.47. The van der Waals surface area contributed by atoms with Crippen LogP contribution in [0.4, 0.5) is 0 Å². The third kappa shape index (κ3) is 2.46. The first-order valence-corrected chi connectivity index (χ1v) is 9.28. The summed E-state index contributed by atoms with van der Waals surface area (Å²) in [5.74, 6) is 2.10. The number of allylic oxidation sites excluding steroid dienone is 1. The summed E-state index contributed by atoms with van der Waals surface area (Å²) in [6.45, 7) is 0. The van der Waals surface area contributed by atoms with Crippen LogP contribution in [-0.4, -0.2) is 0 Å². The van der Waals surface area contributed by atoms with E-state index in [2.05, 4.69) is 84.3 Å². The zero-order valence-corrected chi connectivity index (χ0v) is 14.4. The molecule has 4 aromatic rings. The van der Waals surface area contributed by atoms with Crippen LogP contribution in [0.1, 0.15) is 21.9 Å². The van der Waals surface area contributed by atoms with Crippen LogP contribution < -0.4 is 4.74 Å². The Labute approximate surface area is 150 Å². The summed E-state index contributed by atoms with van der Waals surface area (Å²) in [7, 11) is 0. The summed E-state index contributed by atoms with van der Waals surface area (Å²) < 4.78 is 6.32. The van der Waals surface area contributed by atoms with Crippen LogP contribution in [0.5, 0.6) is 5.75 Å². The van der Waals surface area contributed by atoms with E-state index in [1.807, 2.05) is 6.07 Å². The molecule has 0 spiro atoms. The fourth-order valence-corrected chi connectivity index (χ4v) is 4.33. The molecule has 1 nitrogen and oxygen atoms in total. The molecule has 2 heteroatoms. The van der Waals surface area contributed by atoms with Gasteiger partial charge in [0.05, 0.1) is 0 Å². The molecule has 1 unspecified atom stereocenters. The van der Waals surface area contributed by atoms with E-state index in [4.69, 9.17) is 4.74 Å². The Hall–Kier alpha value is -2.84.